The number of hydrogen-bond acceptors (Lipinski definition) is 5. The number of rotatable bonds is 8. The van der Waals surface area contributed by atoms with Crippen molar-refractivity contribution in [3.05, 3.63) is 23.8 Å². The van der Waals surface area contributed by atoms with Crippen LogP contribution in [0.3, 0.4) is 0 Å². The minimum atomic E-state index is -0.931. The highest BCUT2D eigenvalue weighted by Crippen LogP contribution is 2.28. The zero-order chi connectivity index (χ0) is 17.5. The summed E-state index contributed by atoms with van der Waals surface area (Å²) in [5.74, 6) is 0.519. The Bertz CT molecular complexity index is 553. The smallest absolute Gasteiger partial charge is 0.257 e. The largest absolute Gasteiger partial charge is 0.493 e. The van der Waals surface area contributed by atoms with Gasteiger partial charge in [-0.2, -0.15) is 0 Å². The molecule has 1 rings (SSSR count). The Morgan fingerprint density at radius 2 is 1.91 bits per heavy atom. The summed E-state index contributed by atoms with van der Waals surface area (Å²) in [5, 5.41) is 5.40. The average molecular weight is 323 g/mol. The van der Waals surface area contributed by atoms with Gasteiger partial charge in [0.25, 0.3) is 5.91 Å². The number of hydrogen-bond donors (Lipinski definition) is 3. The lowest BCUT2D eigenvalue weighted by atomic mass is 10.1. The van der Waals surface area contributed by atoms with Gasteiger partial charge in [0.15, 0.2) is 18.1 Å². The number of ether oxygens (including phenoxy) is 2. The molecule has 7 nitrogen and oxygen atoms in total. The Morgan fingerprint density at radius 1 is 1.22 bits per heavy atom. The summed E-state index contributed by atoms with van der Waals surface area (Å²) < 4.78 is 10.7. The average Bonchev–Trinajstić information content (AvgIpc) is 2.50. The van der Waals surface area contributed by atoms with Crippen molar-refractivity contribution in [1.82, 2.24) is 10.6 Å². The van der Waals surface area contributed by atoms with Gasteiger partial charge in [0.2, 0.25) is 5.91 Å². The maximum Gasteiger partial charge on any atom is 0.257 e. The molecule has 0 saturated carbocycles. The second kappa shape index (κ2) is 8.38. The SMILES string of the molecule is CCNC(=O)COc1ccc(CNC(=O)C(C)(C)N)cc1OC. The summed E-state index contributed by atoms with van der Waals surface area (Å²) in [7, 11) is 1.51. The molecule has 2 amide bonds. The topological polar surface area (TPSA) is 103 Å². The van der Waals surface area contributed by atoms with Crippen molar-refractivity contribution in [2.75, 3.05) is 20.3 Å². The molecule has 0 aliphatic rings. The molecule has 1 aromatic rings. The number of carbonyl (C=O) groups is 2. The number of benzene rings is 1. The van der Waals surface area contributed by atoms with Crippen molar-refractivity contribution in [2.24, 2.45) is 5.73 Å². The summed E-state index contributed by atoms with van der Waals surface area (Å²) in [4.78, 5) is 23.2. The van der Waals surface area contributed by atoms with Crippen LogP contribution in [-0.4, -0.2) is 37.6 Å². The second-order valence-corrected chi connectivity index (χ2v) is 5.63. The first kappa shape index (κ1) is 18.8. The van der Waals surface area contributed by atoms with Crippen LogP contribution in [0.15, 0.2) is 18.2 Å². The molecule has 0 bridgehead atoms. The van der Waals surface area contributed by atoms with Crippen LogP contribution in [0.25, 0.3) is 0 Å². The highest BCUT2D eigenvalue weighted by Gasteiger charge is 2.21. The summed E-state index contributed by atoms with van der Waals surface area (Å²) in [6, 6.07) is 5.24. The number of methoxy groups -OCH3 is 1. The molecule has 0 atom stereocenters. The number of nitrogens with two attached hydrogens (primary N) is 1. The highest BCUT2D eigenvalue weighted by molar-refractivity contribution is 5.85. The fourth-order valence-electron chi connectivity index (χ4n) is 1.74. The third kappa shape index (κ3) is 6.15. The molecule has 0 unspecified atom stereocenters. The van der Waals surface area contributed by atoms with Crippen molar-refractivity contribution < 1.29 is 19.1 Å². The van der Waals surface area contributed by atoms with Crippen molar-refractivity contribution in [3.8, 4) is 11.5 Å². The highest BCUT2D eigenvalue weighted by atomic mass is 16.5. The summed E-state index contributed by atoms with van der Waals surface area (Å²) in [6.07, 6.45) is 0. The zero-order valence-corrected chi connectivity index (χ0v) is 14.1. The van der Waals surface area contributed by atoms with Crippen LogP contribution in [0.4, 0.5) is 0 Å². The first-order chi connectivity index (χ1) is 10.8. The van der Waals surface area contributed by atoms with Gasteiger partial charge in [0.05, 0.1) is 12.6 Å². The van der Waals surface area contributed by atoms with E-state index in [0.717, 1.165) is 5.56 Å². The molecule has 0 aromatic heterocycles. The molecule has 0 radical (unpaired) electrons. The van der Waals surface area contributed by atoms with Crippen LogP contribution in [0.2, 0.25) is 0 Å². The van der Waals surface area contributed by atoms with Gasteiger partial charge in [-0.25, -0.2) is 0 Å². The maximum absolute atomic E-state index is 11.8. The quantitative estimate of drug-likeness (QED) is 0.649. The van der Waals surface area contributed by atoms with Gasteiger partial charge < -0.3 is 25.8 Å². The Labute approximate surface area is 136 Å². The monoisotopic (exact) mass is 323 g/mol. The number of nitrogens with one attached hydrogen (secondary N) is 2. The Morgan fingerprint density at radius 3 is 2.48 bits per heavy atom. The van der Waals surface area contributed by atoms with E-state index in [0.29, 0.717) is 24.6 Å². The van der Waals surface area contributed by atoms with Gasteiger partial charge in [-0.05, 0) is 38.5 Å². The fourth-order valence-corrected chi connectivity index (χ4v) is 1.74. The minimum Gasteiger partial charge on any atom is -0.493 e. The van der Waals surface area contributed by atoms with Crippen LogP contribution in [-0.2, 0) is 16.1 Å². The van der Waals surface area contributed by atoms with E-state index in [1.165, 1.54) is 7.11 Å². The molecule has 4 N–H and O–H groups in total. The lowest BCUT2D eigenvalue weighted by Gasteiger charge is -2.18. The van der Waals surface area contributed by atoms with Gasteiger partial charge in [-0.1, -0.05) is 6.07 Å². The predicted molar refractivity (Wildman–Crippen MR) is 87.3 cm³/mol. The van der Waals surface area contributed by atoms with E-state index in [1.807, 2.05) is 6.92 Å². The molecule has 0 aliphatic carbocycles. The first-order valence-electron chi connectivity index (χ1n) is 7.41. The van der Waals surface area contributed by atoms with E-state index in [-0.39, 0.29) is 18.4 Å². The molecule has 0 fully saturated rings. The fraction of sp³-hybridized carbons (Fsp3) is 0.500. The van der Waals surface area contributed by atoms with E-state index in [4.69, 9.17) is 15.2 Å². The molecule has 1 aromatic carbocycles. The van der Waals surface area contributed by atoms with E-state index in [1.54, 1.807) is 32.0 Å². The molecule has 7 heteroatoms. The van der Waals surface area contributed by atoms with Crippen molar-refractivity contribution in [1.29, 1.82) is 0 Å². The minimum absolute atomic E-state index is 0.0817. The lowest BCUT2D eigenvalue weighted by molar-refractivity contribution is -0.125. The Balaban J connectivity index is 2.69. The number of likely N-dealkylation sites (N-methyl/N-ethyl adjacent to an activating group) is 1. The standard InChI is InChI=1S/C16H25N3O4/c1-5-18-14(20)10-23-12-7-6-11(8-13(12)22-4)9-19-15(21)16(2,3)17/h6-8H,5,9-10,17H2,1-4H3,(H,18,20)(H,19,21). The summed E-state index contributed by atoms with van der Waals surface area (Å²) >= 11 is 0. The third-order valence-corrected chi connectivity index (χ3v) is 3.00. The van der Waals surface area contributed by atoms with Gasteiger partial charge in [-0.15, -0.1) is 0 Å². The molecule has 0 spiro atoms. The number of carbonyl (C=O) groups excluding carboxylic acids is 2. The van der Waals surface area contributed by atoms with Crippen LogP contribution >= 0.6 is 0 Å². The van der Waals surface area contributed by atoms with Gasteiger partial charge in [0.1, 0.15) is 0 Å². The molecule has 0 aliphatic heterocycles. The molecule has 0 heterocycles. The van der Waals surface area contributed by atoms with E-state index >= 15 is 0 Å². The molecule has 0 saturated heterocycles. The Hall–Kier alpha value is -2.28. The normalized spacial score (nSPS) is 10.8. The lowest BCUT2D eigenvalue weighted by Crippen LogP contribution is -2.48. The van der Waals surface area contributed by atoms with Crippen LogP contribution < -0.4 is 25.8 Å². The summed E-state index contributed by atoms with van der Waals surface area (Å²) in [6.45, 7) is 5.91. The predicted octanol–water partition coefficient (Wildman–Crippen LogP) is 0.564. The van der Waals surface area contributed by atoms with Crippen LogP contribution in [0.1, 0.15) is 26.3 Å². The van der Waals surface area contributed by atoms with Crippen molar-refractivity contribution in [3.63, 3.8) is 0 Å². The maximum atomic E-state index is 11.8. The first-order valence-corrected chi connectivity index (χ1v) is 7.41. The van der Waals surface area contributed by atoms with Crippen LogP contribution in [0, 0.1) is 0 Å². The third-order valence-electron chi connectivity index (χ3n) is 3.00. The molecule has 23 heavy (non-hydrogen) atoms. The number of amides is 2. The van der Waals surface area contributed by atoms with Crippen molar-refractivity contribution in [2.45, 2.75) is 32.9 Å². The Kier molecular flexibility index (Phi) is 6.84. The zero-order valence-electron chi connectivity index (χ0n) is 14.1. The van der Waals surface area contributed by atoms with Gasteiger partial charge in [-0.3, -0.25) is 9.59 Å². The van der Waals surface area contributed by atoms with Gasteiger partial charge in [0, 0.05) is 13.1 Å². The van der Waals surface area contributed by atoms with Gasteiger partial charge >= 0.3 is 0 Å². The molecular formula is C16H25N3O4. The molecule has 128 valence electrons. The molecular weight excluding hydrogens is 298 g/mol. The van der Waals surface area contributed by atoms with E-state index in [9.17, 15) is 9.59 Å². The summed E-state index contributed by atoms with van der Waals surface area (Å²) in [5.41, 5.74) is 5.63. The van der Waals surface area contributed by atoms with E-state index in [2.05, 4.69) is 10.6 Å². The van der Waals surface area contributed by atoms with E-state index < -0.39 is 5.54 Å². The van der Waals surface area contributed by atoms with Crippen molar-refractivity contribution >= 4 is 11.8 Å². The van der Waals surface area contributed by atoms with Crippen LogP contribution in [0.5, 0.6) is 11.5 Å². The second-order valence-electron chi connectivity index (χ2n) is 5.63.